The second kappa shape index (κ2) is 10.8. The Bertz CT molecular complexity index is 657. The summed E-state index contributed by atoms with van der Waals surface area (Å²) >= 11 is 0. The molecule has 8 heteroatoms. The van der Waals surface area contributed by atoms with E-state index in [0.29, 0.717) is 32.5 Å². The zero-order valence-electron chi connectivity index (χ0n) is 19.0. The number of hydrogen-bond acceptors (Lipinski definition) is 5. The summed E-state index contributed by atoms with van der Waals surface area (Å²) in [6.45, 7) is 5.86. The number of carbonyl (C=O) groups is 3. The molecular weight excluding hydrogens is 398 g/mol. The molecule has 5 atom stereocenters. The van der Waals surface area contributed by atoms with E-state index in [1.54, 1.807) is 4.90 Å². The van der Waals surface area contributed by atoms with Crippen LogP contribution in [0.1, 0.15) is 71.6 Å². The van der Waals surface area contributed by atoms with Crippen molar-refractivity contribution < 1.29 is 24.2 Å². The average molecular weight is 438 g/mol. The lowest BCUT2D eigenvalue weighted by Crippen LogP contribution is -2.55. The summed E-state index contributed by atoms with van der Waals surface area (Å²) in [4.78, 5) is 41.4. The minimum absolute atomic E-state index is 0.114. The van der Waals surface area contributed by atoms with Crippen LogP contribution in [0.15, 0.2) is 0 Å². The van der Waals surface area contributed by atoms with Crippen LogP contribution in [0, 0.1) is 11.8 Å². The predicted octanol–water partition coefficient (Wildman–Crippen LogP) is 1.36. The van der Waals surface area contributed by atoms with Gasteiger partial charge in [-0.25, -0.2) is 0 Å². The Hall–Kier alpha value is -1.67. The van der Waals surface area contributed by atoms with E-state index in [9.17, 15) is 14.4 Å². The zero-order valence-corrected chi connectivity index (χ0v) is 19.0. The number of rotatable bonds is 13. The van der Waals surface area contributed by atoms with Crippen LogP contribution < -0.4 is 10.6 Å². The first kappa shape index (κ1) is 24.0. The van der Waals surface area contributed by atoms with E-state index in [2.05, 4.69) is 17.6 Å². The van der Waals surface area contributed by atoms with Gasteiger partial charge in [0, 0.05) is 26.2 Å². The van der Waals surface area contributed by atoms with E-state index >= 15 is 0 Å². The number of aliphatic hydroxyl groups excluding tert-OH is 1. The molecule has 2 unspecified atom stereocenters. The first-order valence-electron chi connectivity index (χ1n) is 12.2. The number of fused-ring (bicyclic) bond motifs is 1. The molecule has 3 fully saturated rings. The Morgan fingerprint density at radius 2 is 1.81 bits per heavy atom. The summed E-state index contributed by atoms with van der Waals surface area (Å²) in [7, 11) is 0. The number of nitrogens with one attached hydrogen (secondary N) is 2. The van der Waals surface area contributed by atoms with Gasteiger partial charge in [-0.1, -0.05) is 33.1 Å². The number of ether oxygens (including phenoxy) is 1. The number of carbonyl (C=O) groups excluding carboxylic acids is 3. The maximum atomic E-state index is 13.6. The summed E-state index contributed by atoms with van der Waals surface area (Å²) in [6, 6.07) is -0.673. The van der Waals surface area contributed by atoms with E-state index in [1.807, 2.05) is 6.92 Å². The molecule has 3 saturated heterocycles. The molecule has 3 heterocycles. The van der Waals surface area contributed by atoms with Crippen molar-refractivity contribution in [1.82, 2.24) is 15.5 Å². The summed E-state index contributed by atoms with van der Waals surface area (Å²) in [5, 5.41) is 14.9. The van der Waals surface area contributed by atoms with Gasteiger partial charge in [-0.2, -0.15) is 0 Å². The Balaban J connectivity index is 1.80. The van der Waals surface area contributed by atoms with Crippen molar-refractivity contribution in [3.63, 3.8) is 0 Å². The molecule has 3 N–H and O–H groups in total. The smallest absolute Gasteiger partial charge is 0.245 e. The van der Waals surface area contributed by atoms with E-state index in [-0.39, 0.29) is 30.4 Å². The quantitative estimate of drug-likeness (QED) is 0.377. The van der Waals surface area contributed by atoms with Gasteiger partial charge < -0.3 is 25.4 Å². The molecule has 0 aromatic carbocycles. The summed E-state index contributed by atoms with van der Waals surface area (Å²) in [5.41, 5.74) is -0.892. The first-order valence-corrected chi connectivity index (χ1v) is 12.2. The van der Waals surface area contributed by atoms with Crippen molar-refractivity contribution in [2.24, 2.45) is 11.8 Å². The van der Waals surface area contributed by atoms with E-state index in [4.69, 9.17) is 9.84 Å². The standard InChI is InChI=1S/C23H39N3O5/c1-3-5-13-25-21(29)19-23-11-10-16(31-23)17(20(28)24-12-4-2)18(23)22(30)26(19)14-8-6-7-9-15-27/h16-19,27H,3-15H2,1-2H3,(H,24,28)(H,25,29)/t16-,17+,18+,19?,23?/m1/s1. The molecule has 3 aliphatic rings. The number of likely N-dealkylation sites (tertiary alicyclic amines) is 1. The SMILES string of the molecule is CCCCNC(=O)C1N(CCCCCCO)C(=O)[C@@H]2[C@@H](C(=O)NCCC)[C@H]3CCC12O3. The predicted molar refractivity (Wildman–Crippen MR) is 116 cm³/mol. The van der Waals surface area contributed by atoms with Crippen LogP contribution in [-0.2, 0) is 19.1 Å². The van der Waals surface area contributed by atoms with E-state index < -0.39 is 23.5 Å². The van der Waals surface area contributed by atoms with Crippen molar-refractivity contribution in [3.8, 4) is 0 Å². The van der Waals surface area contributed by atoms with Gasteiger partial charge in [-0.3, -0.25) is 14.4 Å². The fraction of sp³-hybridized carbons (Fsp3) is 0.870. The highest BCUT2D eigenvalue weighted by Crippen LogP contribution is 2.58. The summed E-state index contributed by atoms with van der Waals surface area (Å²) < 4.78 is 6.37. The van der Waals surface area contributed by atoms with Gasteiger partial charge in [0.05, 0.1) is 17.9 Å². The van der Waals surface area contributed by atoms with Gasteiger partial charge >= 0.3 is 0 Å². The van der Waals surface area contributed by atoms with Crippen molar-refractivity contribution >= 4 is 17.7 Å². The van der Waals surface area contributed by atoms with Crippen molar-refractivity contribution in [3.05, 3.63) is 0 Å². The van der Waals surface area contributed by atoms with E-state index in [0.717, 1.165) is 44.9 Å². The monoisotopic (exact) mass is 437 g/mol. The Kier molecular flexibility index (Phi) is 8.33. The van der Waals surface area contributed by atoms with Crippen LogP contribution in [0.3, 0.4) is 0 Å². The number of aliphatic hydroxyl groups is 1. The van der Waals surface area contributed by atoms with E-state index in [1.165, 1.54) is 0 Å². The van der Waals surface area contributed by atoms with Crippen molar-refractivity contribution in [2.45, 2.75) is 89.4 Å². The molecule has 3 rings (SSSR count). The maximum absolute atomic E-state index is 13.6. The molecule has 176 valence electrons. The van der Waals surface area contributed by atoms with Crippen molar-refractivity contribution in [1.29, 1.82) is 0 Å². The molecule has 0 aliphatic carbocycles. The van der Waals surface area contributed by atoms with Crippen LogP contribution in [-0.4, -0.2) is 71.7 Å². The third-order valence-electron chi connectivity index (χ3n) is 7.04. The third-order valence-corrected chi connectivity index (χ3v) is 7.04. The Morgan fingerprint density at radius 1 is 1.06 bits per heavy atom. The Morgan fingerprint density at radius 3 is 2.52 bits per heavy atom. The van der Waals surface area contributed by atoms with Crippen molar-refractivity contribution in [2.75, 3.05) is 26.2 Å². The minimum Gasteiger partial charge on any atom is -0.396 e. The van der Waals surface area contributed by atoms with Gasteiger partial charge in [0.2, 0.25) is 17.7 Å². The van der Waals surface area contributed by atoms with Gasteiger partial charge in [0.1, 0.15) is 11.6 Å². The van der Waals surface area contributed by atoms with Gasteiger partial charge in [0.15, 0.2) is 0 Å². The number of nitrogens with zero attached hydrogens (tertiary/aromatic N) is 1. The molecule has 0 aromatic rings. The molecule has 31 heavy (non-hydrogen) atoms. The molecule has 3 aliphatic heterocycles. The van der Waals surface area contributed by atoms with Gasteiger partial charge in [-0.15, -0.1) is 0 Å². The summed E-state index contributed by atoms with van der Waals surface area (Å²) in [5.74, 6) is -1.49. The lowest BCUT2D eigenvalue weighted by molar-refractivity contribution is -0.142. The van der Waals surface area contributed by atoms with Crippen LogP contribution >= 0.6 is 0 Å². The fourth-order valence-electron chi connectivity index (χ4n) is 5.59. The highest BCUT2D eigenvalue weighted by atomic mass is 16.5. The van der Waals surface area contributed by atoms with Crippen LogP contribution in [0.5, 0.6) is 0 Å². The van der Waals surface area contributed by atoms with Gasteiger partial charge in [0.25, 0.3) is 0 Å². The second-order valence-electron chi connectivity index (χ2n) is 9.16. The Labute approximate surface area is 185 Å². The van der Waals surface area contributed by atoms with Crippen LogP contribution in [0.25, 0.3) is 0 Å². The number of amides is 3. The second-order valence-corrected chi connectivity index (χ2v) is 9.16. The maximum Gasteiger partial charge on any atom is 0.245 e. The lowest BCUT2D eigenvalue weighted by atomic mass is 9.70. The summed E-state index contributed by atoms with van der Waals surface area (Å²) in [6.07, 6.45) is 7.03. The highest BCUT2D eigenvalue weighted by molar-refractivity contribution is 5.98. The first-order chi connectivity index (χ1) is 15.0. The topological polar surface area (TPSA) is 108 Å². The molecule has 8 nitrogen and oxygen atoms in total. The fourth-order valence-corrected chi connectivity index (χ4v) is 5.59. The largest absolute Gasteiger partial charge is 0.396 e. The molecular formula is C23H39N3O5. The minimum atomic E-state index is -0.892. The molecule has 0 aromatic heterocycles. The van der Waals surface area contributed by atoms with Crippen LogP contribution in [0.4, 0.5) is 0 Å². The number of hydrogen-bond donors (Lipinski definition) is 3. The third kappa shape index (κ3) is 4.60. The zero-order chi connectivity index (χ0) is 22.4. The average Bonchev–Trinajstić information content (AvgIpc) is 3.39. The molecule has 0 saturated carbocycles. The molecule has 0 radical (unpaired) electrons. The lowest BCUT2D eigenvalue weighted by Gasteiger charge is -2.33. The highest BCUT2D eigenvalue weighted by Gasteiger charge is 2.74. The molecule has 2 bridgehead atoms. The number of unbranched alkanes of at least 4 members (excludes halogenated alkanes) is 4. The molecule has 1 spiro atoms. The molecule has 3 amide bonds. The van der Waals surface area contributed by atoms with Crippen LogP contribution in [0.2, 0.25) is 0 Å². The normalized spacial score (nSPS) is 31.2. The van der Waals surface area contributed by atoms with Gasteiger partial charge in [-0.05, 0) is 38.5 Å².